The first-order chi connectivity index (χ1) is 8.20. The minimum atomic E-state index is 0.599. The molecule has 17 heavy (non-hydrogen) atoms. The van der Waals surface area contributed by atoms with Gasteiger partial charge in [-0.2, -0.15) is 10.4 Å². The van der Waals surface area contributed by atoms with Crippen molar-refractivity contribution >= 4 is 0 Å². The van der Waals surface area contributed by atoms with Crippen molar-refractivity contribution in [3.05, 3.63) is 17.0 Å². The maximum atomic E-state index is 8.53. The molecule has 0 saturated heterocycles. The third-order valence-corrected chi connectivity index (χ3v) is 2.92. The number of hydrogen-bond acceptors (Lipinski definition) is 3. The molecular weight excluding hydrogens is 212 g/mol. The van der Waals surface area contributed by atoms with Gasteiger partial charge in [0.25, 0.3) is 0 Å². The van der Waals surface area contributed by atoms with Crippen molar-refractivity contribution in [2.45, 2.75) is 53.1 Å². The van der Waals surface area contributed by atoms with Crippen LogP contribution in [0.3, 0.4) is 0 Å². The van der Waals surface area contributed by atoms with Gasteiger partial charge in [-0.25, -0.2) is 0 Å². The topological polar surface area (TPSA) is 53.6 Å². The van der Waals surface area contributed by atoms with Crippen LogP contribution in [0, 0.1) is 25.2 Å². The fourth-order valence-corrected chi connectivity index (χ4v) is 1.91. The zero-order valence-electron chi connectivity index (χ0n) is 11.1. The number of nitrogens with one attached hydrogen (secondary N) is 1. The summed E-state index contributed by atoms with van der Waals surface area (Å²) in [6, 6.07) is 2.17. The quantitative estimate of drug-likeness (QED) is 0.736. The van der Waals surface area contributed by atoms with Gasteiger partial charge in [0.05, 0.1) is 11.8 Å². The van der Waals surface area contributed by atoms with E-state index >= 15 is 0 Å². The second kappa shape index (κ2) is 7.08. The molecule has 0 bridgehead atoms. The van der Waals surface area contributed by atoms with E-state index in [1.807, 2.05) is 4.68 Å². The van der Waals surface area contributed by atoms with E-state index in [0.717, 1.165) is 38.2 Å². The number of unbranched alkanes of at least 4 members (excludes halogenated alkanes) is 1. The Kier molecular flexibility index (Phi) is 5.71. The van der Waals surface area contributed by atoms with Gasteiger partial charge in [-0.1, -0.05) is 6.92 Å². The van der Waals surface area contributed by atoms with E-state index in [-0.39, 0.29) is 0 Å². The number of hydrogen-bond donors (Lipinski definition) is 1. The summed E-state index contributed by atoms with van der Waals surface area (Å²) in [4.78, 5) is 0. The molecule has 0 unspecified atom stereocenters. The van der Waals surface area contributed by atoms with Gasteiger partial charge in [0.1, 0.15) is 0 Å². The molecule has 0 fully saturated rings. The SMILES string of the molecule is CCCNCc1c(C)nn(CCCC#N)c1C. The van der Waals surface area contributed by atoms with Crippen LogP contribution in [0.15, 0.2) is 0 Å². The van der Waals surface area contributed by atoms with Gasteiger partial charge < -0.3 is 5.32 Å². The average Bonchev–Trinajstić information content (AvgIpc) is 2.57. The van der Waals surface area contributed by atoms with Gasteiger partial charge in [0.2, 0.25) is 0 Å². The molecule has 0 aliphatic heterocycles. The number of nitrogens with zero attached hydrogens (tertiary/aromatic N) is 3. The second-order valence-electron chi connectivity index (χ2n) is 4.31. The summed E-state index contributed by atoms with van der Waals surface area (Å²) in [5.74, 6) is 0. The Labute approximate surface area is 104 Å². The lowest BCUT2D eigenvalue weighted by Gasteiger charge is -2.05. The van der Waals surface area contributed by atoms with Crippen LogP contribution >= 0.6 is 0 Å². The molecule has 0 spiro atoms. The highest BCUT2D eigenvalue weighted by molar-refractivity contribution is 5.24. The Morgan fingerprint density at radius 3 is 2.82 bits per heavy atom. The lowest BCUT2D eigenvalue weighted by Crippen LogP contribution is -2.15. The van der Waals surface area contributed by atoms with Crippen LogP contribution in [0.1, 0.15) is 43.1 Å². The standard InChI is InChI=1S/C13H22N4/c1-4-8-15-10-13-11(2)16-17(12(13)3)9-6-5-7-14/h15H,4-6,8-10H2,1-3H3. The minimum absolute atomic E-state index is 0.599. The molecular formula is C13H22N4. The predicted molar refractivity (Wildman–Crippen MR) is 68.5 cm³/mol. The molecule has 1 rings (SSSR count). The van der Waals surface area contributed by atoms with Gasteiger partial charge in [-0.05, 0) is 33.2 Å². The highest BCUT2D eigenvalue weighted by atomic mass is 15.3. The molecule has 0 saturated carbocycles. The Bertz CT molecular complexity index is 387. The monoisotopic (exact) mass is 234 g/mol. The fraction of sp³-hybridized carbons (Fsp3) is 0.692. The first kappa shape index (κ1) is 13.7. The van der Waals surface area contributed by atoms with E-state index in [0.29, 0.717) is 6.42 Å². The van der Waals surface area contributed by atoms with Crippen molar-refractivity contribution in [1.29, 1.82) is 5.26 Å². The summed E-state index contributed by atoms with van der Waals surface area (Å²) in [5, 5.41) is 16.5. The van der Waals surface area contributed by atoms with Crippen LogP contribution in [-0.4, -0.2) is 16.3 Å². The van der Waals surface area contributed by atoms with Gasteiger partial charge in [-0.3, -0.25) is 4.68 Å². The molecule has 94 valence electrons. The largest absolute Gasteiger partial charge is 0.313 e. The third-order valence-electron chi connectivity index (χ3n) is 2.92. The highest BCUT2D eigenvalue weighted by Gasteiger charge is 2.10. The molecule has 0 amide bonds. The fourth-order valence-electron chi connectivity index (χ4n) is 1.91. The van der Waals surface area contributed by atoms with E-state index in [4.69, 9.17) is 5.26 Å². The number of nitriles is 1. The molecule has 0 radical (unpaired) electrons. The maximum Gasteiger partial charge on any atom is 0.0641 e. The van der Waals surface area contributed by atoms with Crippen molar-refractivity contribution in [3.63, 3.8) is 0 Å². The first-order valence-corrected chi connectivity index (χ1v) is 6.31. The predicted octanol–water partition coefficient (Wildman–Crippen LogP) is 2.30. The number of aryl methyl sites for hydroxylation is 2. The summed E-state index contributed by atoms with van der Waals surface area (Å²) >= 11 is 0. The Morgan fingerprint density at radius 2 is 2.18 bits per heavy atom. The van der Waals surface area contributed by atoms with Crippen molar-refractivity contribution in [2.24, 2.45) is 0 Å². The Morgan fingerprint density at radius 1 is 1.41 bits per heavy atom. The highest BCUT2D eigenvalue weighted by Crippen LogP contribution is 2.13. The molecule has 0 aliphatic carbocycles. The summed E-state index contributed by atoms with van der Waals surface area (Å²) in [7, 11) is 0. The van der Waals surface area contributed by atoms with Gasteiger partial charge in [-0.15, -0.1) is 0 Å². The van der Waals surface area contributed by atoms with Crippen LogP contribution in [-0.2, 0) is 13.1 Å². The van der Waals surface area contributed by atoms with E-state index in [1.54, 1.807) is 0 Å². The average molecular weight is 234 g/mol. The van der Waals surface area contributed by atoms with Gasteiger partial charge >= 0.3 is 0 Å². The molecule has 4 heteroatoms. The summed E-state index contributed by atoms with van der Waals surface area (Å²) < 4.78 is 2.02. The summed E-state index contributed by atoms with van der Waals surface area (Å²) in [6.45, 7) is 9.10. The first-order valence-electron chi connectivity index (χ1n) is 6.31. The van der Waals surface area contributed by atoms with E-state index in [9.17, 15) is 0 Å². The summed E-state index contributed by atoms with van der Waals surface area (Å²) in [6.07, 6.45) is 2.62. The zero-order chi connectivity index (χ0) is 12.7. The van der Waals surface area contributed by atoms with Crippen LogP contribution < -0.4 is 5.32 Å². The normalized spacial score (nSPS) is 10.5. The van der Waals surface area contributed by atoms with E-state index in [2.05, 4.69) is 37.3 Å². The molecule has 0 aromatic carbocycles. The molecule has 1 aromatic heterocycles. The Hall–Kier alpha value is -1.34. The van der Waals surface area contributed by atoms with Crippen LogP contribution in [0.5, 0.6) is 0 Å². The molecule has 1 heterocycles. The van der Waals surface area contributed by atoms with Crippen LogP contribution in [0.4, 0.5) is 0 Å². The Balaban J connectivity index is 2.62. The van der Waals surface area contributed by atoms with Gasteiger partial charge in [0, 0.05) is 30.8 Å². The maximum absolute atomic E-state index is 8.53. The molecule has 0 aliphatic rings. The van der Waals surface area contributed by atoms with Crippen LogP contribution in [0.25, 0.3) is 0 Å². The summed E-state index contributed by atoms with van der Waals surface area (Å²) in [5.41, 5.74) is 3.63. The zero-order valence-corrected chi connectivity index (χ0v) is 11.1. The molecule has 1 aromatic rings. The number of rotatable bonds is 7. The molecule has 4 nitrogen and oxygen atoms in total. The van der Waals surface area contributed by atoms with E-state index < -0.39 is 0 Å². The van der Waals surface area contributed by atoms with Crippen molar-refractivity contribution in [2.75, 3.05) is 6.54 Å². The van der Waals surface area contributed by atoms with E-state index in [1.165, 1.54) is 11.3 Å². The van der Waals surface area contributed by atoms with Crippen molar-refractivity contribution in [3.8, 4) is 6.07 Å². The van der Waals surface area contributed by atoms with Crippen molar-refractivity contribution < 1.29 is 0 Å². The van der Waals surface area contributed by atoms with Crippen molar-refractivity contribution in [1.82, 2.24) is 15.1 Å². The third kappa shape index (κ3) is 3.86. The van der Waals surface area contributed by atoms with Gasteiger partial charge in [0.15, 0.2) is 0 Å². The lowest BCUT2D eigenvalue weighted by atomic mass is 10.2. The second-order valence-corrected chi connectivity index (χ2v) is 4.31. The molecule has 0 atom stereocenters. The number of aromatic nitrogens is 2. The van der Waals surface area contributed by atoms with Crippen LogP contribution in [0.2, 0.25) is 0 Å². The molecule has 1 N–H and O–H groups in total. The minimum Gasteiger partial charge on any atom is -0.313 e. The smallest absolute Gasteiger partial charge is 0.0641 e. The lowest BCUT2D eigenvalue weighted by molar-refractivity contribution is 0.566.